The van der Waals surface area contributed by atoms with Crippen LogP contribution >= 0.6 is 11.5 Å². The summed E-state index contributed by atoms with van der Waals surface area (Å²) in [5, 5.41) is 11.6. The quantitative estimate of drug-likeness (QED) is 0.759. The van der Waals surface area contributed by atoms with E-state index in [1.807, 2.05) is 0 Å². The molecule has 0 bridgehead atoms. The Labute approximate surface area is 81.9 Å². The molecule has 2 rings (SSSR count). The molecule has 1 aromatic heterocycles. The molecule has 1 unspecified atom stereocenters. The van der Waals surface area contributed by atoms with E-state index in [0.29, 0.717) is 0 Å². The first-order valence-corrected chi connectivity index (χ1v) is 5.44. The van der Waals surface area contributed by atoms with Crippen molar-refractivity contribution in [2.24, 2.45) is 5.92 Å². The van der Waals surface area contributed by atoms with Crippen molar-refractivity contribution < 1.29 is 0 Å². The van der Waals surface area contributed by atoms with Crippen molar-refractivity contribution in [3.63, 3.8) is 0 Å². The molecule has 0 radical (unpaired) electrons. The second-order valence-corrected chi connectivity index (χ2v) is 4.16. The van der Waals surface area contributed by atoms with Crippen LogP contribution < -0.4 is 10.6 Å². The van der Waals surface area contributed by atoms with Crippen molar-refractivity contribution in [2.45, 2.75) is 12.8 Å². The average Bonchev–Trinajstić information content (AvgIpc) is 2.69. The third-order valence-corrected chi connectivity index (χ3v) is 2.95. The van der Waals surface area contributed by atoms with Crippen LogP contribution in [-0.4, -0.2) is 29.2 Å². The molecule has 1 saturated heterocycles. The van der Waals surface area contributed by atoms with Gasteiger partial charge in [-0.2, -0.15) is 0 Å². The van der Waals surface area contributed by atoms with E-state index >= 15 is 0 Å². The maximum atomic E-state index is 3.80. The minimum atomic E-state index is 0.760. The van der Waals surface area contributed by atoms with Crippen molar-refractivity contribution in [3.05, 3.63) is 6.20 Å². The summed E-state index contributed by atoms with van der Waals surface area (Å²) < 4.78 is 3.80. The van der Waals surface area contributed by atoms with Gasteiger partial charge >= 0.3 is 0 Å². The van der Waals surface area contributed by atoms with Gasteiger partial charge in [-0.1, -0.05) is 4.49 Å². The molecule has 1 atom stereocenters. The van der Waals surface area contributed by atoms with Crippen molar-refractivity contribution in [2.75, 3.05) is 25.0 Å². The summed E-state index contributed by atoms with van der Waals surface area (Å²) in [5.41, 5.74) is 0. The molecule has 2 N–H and O–H groups in total. The summed E-state index contributed by atoms with van der Waals surface area (Å²) in [4.78, 5) is 0. The first-order valence-electron chi connectivity index (χ1n) is 4.67. The van der Waals surface area contributed by atoms with Gasteiger partial charge in [0.15, 0.2) is 0 Å². The van der Waals surface area contributed by atoms with Gasteiger partial charge in [-0.05, 0) is 31.8 Å². The number of hydrogen-bond donors (Lipinski definition) is 2. The SMILES string of the molecule is c1nnsc1NCC1CCCNC1. The summed E-state index contributed by atoms with van der Waals surface area (Å²) in [7, 11) is 0. The highest BCUT2D eigenvalue weighted by molar-refractivity contribution is 7.09. The third kappa shape index (κ3) is 2.63. The molecule has 1 fully saturated rings. The van der Waals surface area contributed by atoms with E-state index in [0.717, 1.165) is 24.0 Å². The van der Waals surface area contributed by atoms with Crippen LogP contribution in [0.5, 0.6) is 0 Å². The van der Waals surface area contributed by atoms with Gasteiger partial charge in [0.2, 0.25) is 0 Å². The molecule has 4 nitrogen and oxygen atoms in total. The van der Waals surface area contributed by atoms with Crippen LogP contribution in [0.25, 0.3) is 0 Å². The maximum absolute atomic E-state index is 3.80. The van der Waals surface area contributed by atoms with Crippen molar-refractivity contribution >= 4 is 16.5 Å². The molecule has 2 heterocycles. The predicted octanol–water partition coefficient (Wildman–Crippen LogP) is 0.950. The zero-order valence-corrected chi connectivity index (χ0v) is 8.31. The van der Waals surface area contributed by atoms with Gasteiger partial charge in [-0.3, -0.25) is 0 Å². The first kappa shape index (κ1) is 8.90. The molecule has 72 valence electrons. The lowest BCUT2D eigenvalue weighted by Gasteiger charge is -2.22. The van der Waals surface area contributed by atoms with E-state index < -0.39 is 0 Å². The Balaban J connectivity index is 1.72. The fraction of sp³-hybridized carbons (Fsp3) is 0.750. The standard InChI is InChI=1S/C8H14N4S/c1-2-7(4-9-3-1)5-10-8-6-11-12-13-8/h6-7,9-10H,1-5H2. The summed E-state index contributed by atoms with van der Waals surface area (Å²) in [6.45, 7) is 3.36. The lowest BCUT2D eigenvalue weighted by atomic mass is 10.00. The van der Waals surface area contributed by atoms with Crippen molar-refractivity contribution in [1.82, 2.24) is 14.9 Å². The molecule has 1 aliphatic heterocycles. The second-order valence-electron chi connectivity index (χ2n) is 3.38. The second kappa shape index (κ2) is 4.53. The monoisotopic (exact) mass is 198 g/mol. The van der Waals surface area contributed by atoms with Gasteiger partial charge in [0.25, 0.3) is 0 Å². The van der Waals surface area contributed by atoms with Gasteiger partial charge in [-0.25, -0.2) is 0 Å². The van der Waals surface area contributed by atoms with Crippen molar-refractivity contribution in [3.8, 4) is 0 Å². The van der Waals surface area contributed by atoms with Gasteiger partial charge < -0.3 is 10.6 Å². The van der Waals surface area contributed by atoms with Gasteiger partial charge in [0.1, 0.15) is 5.00 Å². The normalized spacial score (nSPS) is 22.9. The number of nitrogens with one attached hydrogen (secondary N) is 2. The van der Waals surface area contributed by atoms with Crippen LogP contribution in [0, 0.1) is 5.92 Å². The van der Waals surface area contributed by atoms with Crippen LogP contribution in [0.15, 0.2) is 6.20 Å². The Bertz CT molecular complexity index is 230. The number of hydrogen-bond acceptors (Lipinski definition) is 5. The molecule has 0 saturated carbocycles. The van der Waals surface area contributed by atoms with Crippen LogP contribution in [0.2, 0.25) is 0 Å². The van der Waals surface area contributed by atoms with Gasteiger partial charge in [-0.15, -0.1) is 5.10 Å². The lowest BCUT2D eigenvalue weighted by Crippen LogP contribution is -2.33. The van der Waals surface area contributed by atoms with E-state index in [1.165, 1.54) is 30.9 Å². The Hall–Kier alpha value is -0.680. The number of anilines is 1. The number of rotatable bonds is 3. The van der Waals surface area contributed by atoms with Crippen LogP contribution in [0.4, 0.5) is 5.00 Å². The van der Waals surface area contributed by atoms with Crippen LogP contribution in [-0.2, 0) is 0 Å². The van der Waals surface area contributed by atoms with Crippen LogP contribution in [0.1, 0.15) is 12.8 Å². The largest absolute Gasteiger partial charge is 0.374 e. The van der Waals surface area contributed by atoms with E-state index in [9.17, 15) is 0 Å². The Morgan fingerprint density at radius 1 is 1.69 bits per heavy atom. The van der Waals surface area contributed by atoms with Gasteiger partial charge in [0.05, 0.1) is 6.20 Å². The van der Waals surface area contributed by atoms with Crippen LogP contribution in [0.3, 0.4) is 0 Å². The lowest BCUT2D eigenvalue weighted by molar-refractivity contribution is 0.393. The fourth-order valence-electron chi connectivity index (χ4n) is 1.59. The maximum Gasteiger partial charge on any atom is 0.130 e. The summed E-state index contributed by atoms with van der Waals surface area (Å²) in [6.07, 6.45) is 4.40. The van der Waals surface area contributed by atoms with Gasteiger partial charge in [0, 0.05) is 18.1 Å². The Morgan fingerprint density at radius 3 is 3.38 bits per heavy atom. The fourth-order valence-corrected chi connectivity index (χ4v) is 2.01. The van der Waals surface area contributed by atoms with E-state index in [-0.39, 0.29) is 0 Å². The highest BCUT2D eigenvalue weighted by Crippen LogP contribution is 2.13. The molecule has 13 heavy (non-hydrogen) atoms. The molecule has 0 aromatic carbocycles. The molecule has 1 aromatic rings. The molecular formula is C8H14N4S. The topological polar surface area (TPSA) is 49.8 Å². The molecule has 5 heteroatoms. The van der Waals surface area contributed by atoms with E-state index in [2.05, 4.69) is 20.2 Å². The molecular weight excluding hydrogens is 184 g/mol. The average molecular weight is 198 g/mol. The molecule has 0 amide bonds. The van der Waals surface area contributed by atoms with Crippen molar-refractivity contribution in [1.29, 1.82) is 0 Å². The van der Waals surface area contributed by atoms with E-state index in [1.54, 1.807) is 6.20 Å². The number of piperidine rings is 1. The smallest absolute Gasteiger partial charge is 0.130 e. The number of nitrogens with zero attached hydrogens (tertiary/aromatic N) is 2. The molecule has 0 aliphatic carbocycles. The highest BCUT2D eigenvalue weighted by atomic mass is 32.1. The predicted molar refractivity (Wildman–Crippen MR) is 54.0 cm³/mol. The zero-order valence-electron chi connectivity index (χ0n) is 7.49. The molecule has 1 aliphatic rings. The molecule has 0 spiro atoms. The van der Waals surface area contributed by atoms with E-state index in [4.69, 9.17) is 0 Å². The first-order chi connectivity index (χ1) is 6.45. The Morgan fingerprint density at radius 2 is 2.69 bits per heavy atom. The zero-order chi connectivity index (χ0) is 8.93. The summed E-state index contributed by atoms with van der Waals surface area (Å²) in [5.74, 6) is 0.760. The highest BCUT2D eigenvalue weighted by Gasteiger charge is 2.12. The Kier molecular flexibility index (Phi) is 3.10. The third-order valence-electron chi connectivity index (χ3n) is 2.33. The summed E-state index contributed by atoms with van der Waals surface area (Å²) >= 11 is 1.42. The summed E-state index contributed by atoms with van der Waals surface area (Å²) in [6, 6.07) is 0. The number of aromatic nitrogens is 2. The minimum absolute atomic E-state index is 0.760. The minimum Gasteiger partial charge on any atom is -0.374 e.